The molecule has 5 rings (SSSR count). The van der Waals surface area contributed by atoms with Gasteiger partial charge in [-0.15, -0.1) is 0 Å². The number of benzene rings is 3. The van der Waals surface area contributed by atoms with E-state index in [-0.39, 0.29) is 6.04 Å². The van der Waals surface area contributed by atoms with Crippen LogP contribution in [-0.2, 0) is 0 Å². The fraction of sp³-hybridized carbons (Fsp3) is 0.0833. The molecule has 0 bridgehead atoms. The van der Waals surface area contributed by atoms with Crippen molar-refractivity contribution in [2.75, 3.05) is 0 Å². The van der Waals surface area contributed by atoms with Gasteiger partial charge in [0.15, 0.2) is 0 Å². The average Bonchev–Trinajstić information content (AvgIpc) is 3.19. The molecule has 3 aromatic carbocycles. The van der Waals surface area contributed by atoms with Gasteiger partial charge in [-0.1, -0.05) is 91.0 Å². The van der Waals surface area contributed by atoms with Crippen molar-refractivity contribution in [3.63, 3.8) is 0 Å². The summed E-state index contributed by atoms with van der Waals surface area (Å²) in [5.41, 5.74) is 5.60. The van der Waals surface area contributed by atoms with Gasteiger partial charge in [0.05, 0.1) is 17.4 Å². The lowest BCUT2D eigenvalue weighted by Gasteiger charge is -2.25. The molecule has 0 N–H and O–H groups in total. The van der Waals surface area contributed by atoms with Crippen molar-refractivity contribution in [3.05, 3.63) is 108 Å². The van der Waals surface area contributed by atoms with Gasteiger partial charge in [0, 0.05) is 18.2 Å². The first kappa shape index (κ1) is 15.8. The van der Waals surface area contributed by atoms with Crippen molar-refractivity contribution >= 4 is 11.7 Å². The third kappa shape index (κ3) is 2.97. The van der Waals surface area contributed by atoms with Crippen molar-refractivity contribution in [3.8, 4) is 11.3 Å². The molecule has 0 radical (unpaired) electrons. The van der Waals surface area contributed by atoms with Crippen LogP contribution in [0.4, 0.5) is 5.95 Å². The van der Waals surface area contributed by atoms with Crippen molar-refractivity contribution in [1.29, 1.82) is 0 Å². The Labute approximate surface area is 158 Å². The van der Waals surface area contributed by atoms with Crippen molar-refractivity contribution in [2.24, 2.45) is 4.99 Å². The zero-order valence-corrected chi connectivity index (χ0v) is 14.9. The van der Waals surface area contributed by atoms with Gasteiger partial charge in [0.1, 0.15) is 0 Å². The number of rotatable bonds is 3. The number of hydrogen-bond acceptors (Lipinski definition) is 2. The van der Waals surface area contributed by atoms with Crippen LogP contribution in [0.15, 0.2) is 102 Å². The molecule has 1 unspecified atom stereocenters. The predicted octanol–water partition coefficient (Wildman–Crippen LogP) is 5.66. The molecule has 130 valence electrons. The van der Waals surface area contributed by atoms with Crippen molar-refractivity contribution < 1.29 is 0 Å². The summed E-state index contributed by atoms with van der Waals surface area (Å²) in [7, 11) is 0. The van der Waals surface area contributed by atoms with Gasteiger partial charge < -0.3 is 4.57 Å². The highest BCUT2D eigenvalue weighted by Crippen LogP contribution is 2.35. The normalized spacial score (nSPS) is 15.9. The molecule has 2 heterocycles. The van der Waals surface area contributed by atoms with Gasteiger partial charge in [-0.25, -0.2) is 9.98 Å². The molecule has 1 aliphatic rings. The Bertz CT molecular complexity index is 1080. The van der Waals surface area contributed by atoms with Gasteiger partial charge in [-0.2, -0.15) is 0 Å². The third-order valence-corrected chi connectivity index (χ3v) is 5.03. The van der Waals surface area contributed by atoms with E-state index in [9.17, 15) is 0 Å². The standard InChI is InChI=1S/C24H19N3/c1-4-10-18(11-5-1)21-16-23(20-14-8-3-9-15-20)27-17-22(26-24(27)25-21)19-12-6-2-7-13-19/h1-15,17,23H,16H2. The Balaban J connectivity index is 1.65. The van der Waals surface area contributed by atoms with E-state index in [4.69, 9.17) is 9.98 Å². The van der Waals surface area contributed by atoms with Crippen LogP contribution in [0, 0.1) is 0 Å². The molecule has 3 nitrogen and oxygen atoms in total. The minimum atomic E-state index is 0.193. The highest BCUT2D eigenvalue weighted by atomic mass is 15.2. The van der Waals surface area contributed by atoms with Crippen LogP contribution in [0.3, 0.4) is 0 Å². The Morgan fingerprint density at radius 3 is 1.96 bits per heavy atom. The highest BCUT2D eigenvalue weighted by molar-refractivity contribution is 6.02. The summed E-state index contributed by atoms with van der Waals surface area (Å²) in [6, 6.07) is 31.5. The number of nitrogens with zero attached hydrogens (tertiary/aromatic N) is 3. The highest BCUT2D eigenvalue weighted by Gasteiger charge is 2.26. The van der Waals surface area contributed by atoms with Gasteiger partial charge in [-0.3, -0.25) is 0 Å². The monoisotopic (exact) mass is 349 g/mol. The van der Waals surface area contributed by atoms with Crippen LogP contribution in [0.5, 0.6) is 0 Å². The Morgan fingerprint density at radius 1 is 0.704 bits per heavy atom. The topological polar surface area (TPSA) is 30.2 Å². The van der Waals surface area contributed by atoms with Crippen molar-refractivity contribution in [1.82, 2.24) is 9.55 Å². The summed E-state index contributed by atoms with van der Waals surface area (Å²) in [5, 5.41) is 0. The largest absolute Gasteiger partial charge is 0.307 e. The number of imidazole rings is 1. The lowest BCUT2D eigenvalue weighted by Crippen LogP contribution is -2.19. The van der Waals surface area contributed by atoms with Crippen LogP contribution in [0.2, 0.25) is 0 Å². The molecule has 1 atom stereocenters. The average molecular weight is 349 g/mol. The van der Waals surface area contributed by atoms with E-state index in [1.54, 1.807) is 0 Å². The summed E-state index contributed by atoms with van der Waals surface area (Å²) >= 11 is 0. The molecular weight excluding hydrogens is 330 g/mol. The molecule has 0 aliphatic carbocycles. The SMILES string of the molecule is c1ccc(C2=Nc3nc(-c4ccccc4)cn3C(c3ccccc3)C2)cc1. The number of hydrogen-bond donors (Lipinski definition) is 0. The quantitative estimate of drug-likeness (QED) is 0.469. The van der Waals surface area contributed by atoms with Gasteiger partial charge in [0.25, 0.3) is 0 Å². The van der Waals surface area contributed by atoms with E-state index in [2.05, 4.69) is 77.5 Å². The maximum absolute atomic E-state index is 4.91. The van der Waals surface area contributed by atoms with Gasteiger partial charge >= 0.3 is 0 Å². The van der Waals surface area contributed by atoms with Crippen LogP contribution in [0.1, 0.15) is 23.6 Å². The Kier molecular flexibility index (Phi) is 3.91. The fourth-order valence-electron chi connectivity index (χ4n) is 3.66. The predicted molar refractivity (Wildman–Crippen MR) is 110 cm³/mol. The molecule has 1 aliphatic heterocycles. The third-order valence-electron chi connectivity index (χ3n) is 5.03. The Morgan fingerprint density at radius 2 is 1.30 bits per heavy atom. The van der Waals surface area contributed by atoms with E-state index in [0.717, 1.165) is 34.9 Å². The van der Waals surface area contributed by atoms with Gasteiger partial charge in [-0.05, 0) is 11.1 Å². The second kappa shape index (κ2) is 6.69. The van der Waals surface area contributed by atoms with E-state index in [1.807, 2.05) is 24.3 Å². The van der Waals surface area contributed by atoms with E-state index < -0.39 is 0 Å². The minimum Gasteiger partial charge on any atom is -0.307 e. The van der Waals surface area contributed by atoms with Crippen LogP contribution < -0.4 is 0 Å². The summed E-state index contributed by atoms with van der Waals surface area (Å²) in [6.07, 6.45) is 2.99. The number of aromatic nitrogens is 2. The van der Waals surface area contributed by atoms with Crippen LogP contribution >= 0.6 is 0 Å². The van der Waals surface area contributed by atoms with E-state index in [1.165, 1.54) is 5.56 Å². The molecule has 27 heavy (non-hydrogen) atoms. The first-order valence-corrected chi connectivity index (χ1v) is 9.21. The second-order valence-electron chi connectivity index (χ2n) is 6.75. The van der Waals surface area contributed by atoms with E-state index >= 15 is 0 Å². The van der Waals surface area contributed by atoms with E-state index in [0.29, 0.717) is 0 Å². The fourth-order valence-corrected chi connectivity index (χ4v) is 3.66. The van der Waals surface area contributed by atoms with Crippen molar-refractivity contribution in [2.45, 2.75) is 12.5 Å². The lowest BCUT2D eigenvalue weighted by molar-refractivity contribution is 0.596. The maximum Gasteiger partial charge on any atom is 0.230 e. The molecule has 0 spiro atoms. The smallest absolute Gasteiger partial charge is 0.230 e. The first-order chi connectivity index (χ1) is 13.4. The van der Waals surface area contributed by atoms with Crippen LogP contribution in [0.25, 0.3) is 11.3 Å². The molecule has 0 saturated heterocycles. The molecule has 0 fully saturated rings. The molecule has 1 aromatic heterocycles. The molecule has 3 heteroatoms. The Hall–Kier alpha value is -3.46. The molecule has 4 aromatic rings. The summed E-state index contributed by atoms with van der Waals surface area (Å²) in [6.45, 7) is 0. The molecular formula is C24H19N3. The molecule has 0 saturated carbocycles. The molecule has 0 amide bonds. The lowest BCUT2D eigenvalue weighted by atomic mass is 9.96. The summed E-state index contributed by atoms with van der Waals surface area (Å²) in [5.74, 6) is 0.771. The summed E-state index contributed by atoms with van der Waals surface area (Å²) in [4.78, 5) is 9.75. The minimum absolute atomic E-state index is 0.193. The first-order valence-electron chi connectivity index (χ1n) is 9.21. The van der Waals surface area contributed by atoms with Gasteiger partial charge in [0.2, 0.25) is 5.95 Å². The summed E-state index contributed by atoms with van der Waals surface area (Å²) < 4.78 is 2.21. The van der Waals surface area contributed by atoms with Crippen LogP contribution in [-0.4, -0.2) is 15.3 Å². The number of fused-ring (bicyclic) bond motifs is 1. The zero-order valence-electron chi connectivity index (χ0n) is 14.9. The zero-order chi connectivity index (χ0) is 18.1. The maximum atomic E-state index is 4.91. The number of aliphatic imine (C=N–C) groups is 1. The second-order valence-corrected chi connectivity index (χ2v) is 6.75.